The van der Waals surface area contributed by atoms with Gasteiger partial charge in [0.2, 0.25) is 0 Å². The van der Waals surface area contributed by atoms with Gasteiger partial charge in [0, 0.05) is 26.2 Å². The third-order valence-electron chi connectivity index (χ3n) is 9.59. The first-order chi connectivity index (χ1) is 27.7. The standard InChI is InChI=1S/2C21H36N2O7/c2*1-20(2,3)29-17(24)22-11-7-9-15(22)13-27-19(26)28-14-16-10-8-12-23(16)18(25)30-21(4,5)6/h2*15-16H,7-14H2,1-6H3/t2*15-,16-/m00/s1. The zero-order chi connectivity index (χ0) is 45.1. The highest BCUT2D eigenvalue weighted by Gasteiger charge is 2.37. The zero-order valence-electron chi connectivity index (χ0n) is 38.1. The summed E-state index contributed by atoms with van der Waals surface area (Å²) in [6, 6.07) is -0.899. The summed E-state index contributed by atoms with van der Waals surface area (Å²) in [6.45, 7) is 24.3. The van der Waals surface area contributed by atoms with Crippen LogP contribution >= 0.6 is 0 Å². The van der Waals surface area contributed by atoms with Gasteiger partial charge in [-0.2, -0.15) is 0 Å². The summed E-state index contributed by atoms with van der Waals surface area (Å²) in [5.41, 5.74) is -2.31. The second kappa shape index (κ2) is 21.4. The molecule has 4 aliphatic rings. The van der Waals surface area contributed by atoms with E-state index in [4.69, 9.17) is 37.9 Å². The van der Waals surface area contributed by atoms with E-state index in [-0.39, 0.29) is 50.6 Å². The monoisotopic (exact) mass is 857 g/mol. The average Bonchev–Trinajstić information content (AvgIpc) is 3.92. The Morgan fingerprint density at radius 1 is 0.367 bits per heavy atom. The maximum atomic E-state index is 12.3. The Morgan fingerprint density at radius 3 is 0.717 bits per heavy atom. The van der Waals surface area contributed by atoms with Gasteiger partial charge in [-0.1, -0.05) is 0 Å². The first-order valence-electron chi connectivity index (χ1n) is 21.3. The van der Waals surface area contributed by atoms with Gasteiger partial charge in [-0.25, -0.2) is 28.8 Å². The Labute approximate surface area is 356 Å². The second-order valence-electron chi connectivity index (χ2n) is 19.6. The molecule has 0 N–H and O–H groups in total. The fraction of sp³-hybridized carbons (Fsp3) is 0.857. The van der Waals surface area contributed by atoms with E-state index in [0.717, 1.165) is 51.4 Å². The van der Waals surface area contributed by atoms with Gasteiger partial charge in [0.1, 0.15) is 48.8 Å². The Bertz CT molecular complexity index is 1250. The molecule has 0 bridgehead atoms. The van der Waals surface area contributed by atoms with Crippen molar-refractivity contribution in [1.82, 2.24) is 19.6 Å². The summed E-state index contributed by atoms with van der Waals surface area (Å²) in [6.07, 6.45) is 3.05. The molecule has 4 atom stereocenters. The molecular weight excluding hydrogens is 784 g/mol. The SMILES string of the molecule is CC(C)(C)OC(=O)N1CCC[C@H]1COC(=O)OC[C@@H]1CCCN1C(=O)OC(C)(C)C.CC(C)(C)OC(=O)N1CCC[C@H]1COC(=O)OC[C@@H]1CCCN1C(=O)OC(C)(C)C. The van der Waals surface area contributed by atoms with Crippen LogP contribution in [0.15, 0.2) is 0 Å². The maximum absolute atomic E-state index is 12.3. The zero-order valence-corrected chi connectivity index (χ0v) is 38.1. The van der Waals surface area contributed by atoms with Gasteiger partial charge >= 0.3 is 36.7 Å². The van der Waals surface area contributed by atoms with Gasteiger partial charge in [0.25, 0.3) is 0 Å². The van der Waals surface area contributed by atoms with Crippen LogP contribution in [-0.2, 0) is 37.9 Å². The van der Waals surface area contributed by atoms with Crippen molar-refractivity contribution in [3.63, 3.8) is 0 Å². The number of nitrogens with zero attached hydrogens (tertiary/aromatic N) is 4. The van der Waals surface area contributed by atoms with E-state index in [1.807, 2.05) is 83.1 Å². The Balaban J connectivity index is 0.000000320. The van der Waals surface area contributed by atoms with Crippen LogP contribution in [0.4, 0.5) is 28.8 Å². The lowest BCUT2D eigenvalue weighted by molar-refractivity contribution is -0.00192. The van der Waals surface area contributed by atoms with Crippen LogP contribution in [0.1, 0.15) is 134 Å². The summed E-state index contributed by atoms with van der Waals surface area (Å²) >= 11 is 0. The van der Waals surface area contributed by atoms with Crippen molar-refractivity contribution in [2.24, 2.45) is 0 Å². The van der Waals surface area contributed by atoms with E-state index in [2.05, 4.69) is 0 Å². The summed E-state index contributed by atoms with van der Waals surface area (Å²) in [5, 5.41) is 0. The van der Waals surface area contributed by atoms with Crippen molar-refractivity contribution < 1.29 is 66.7 Å². The molecule has 4 amide bonds. The first-order valence-corrected chi connectivity index (χ1v) is 21.3. The van der Waals surface area contributed by atoms with Crippen LogP contribution in [0.5, 0.6) is 0 Å². The molecule has 0 aromatic rings. The van der Waals surface area contributed by atoms with Gasteiger partial charge in [-0.15, -0.1) is 0 Å². The van der Waals surface area contributed by atoms with E-state index in [0.29, 0.717) is 26.2 Å². The number of ether oxygens (including phenoxy) is 8. The van der Waals surface area contributed by atoms with Crippen LogP contribution in [-0.4, -0.2) is 155 Å². The highest BCUT2D eigenvalue weighted by molar-refractivity contribution is 5.71. The van der Waals surface area contributed by atoms with Crippen molar-refractivity contribution in [1.29, 1.82) is 0 Å². The minimum Gasteiger partial charge on any atom is -0.444 e. The van der Waals surface area contributed by atoms with Crippen LogP contribution in [0, 0.1) is 0 Å². The van der Waals surface area contributed by atoms with Crippen molar-refractivity contribution in [2.45, 2.75) is 181 Å². The Morgan fingerprint density at radius 2 is 0.550 bits per heavy atom. The largest absolute Gasteiger partial charge is 0.508 e. The number of rotatable bonds is 8. The molecule has 0 spiro atoms. The maximum Gasteiger partial charge on any atom is 0.508 e. The van der Waals surface area contributed by atoms with E-state index >= 15 is 0 Å². The van der Waals surface area contributed by atoms with Crippen LogP contribution < -0.4 is 0 Å². The quantitative estimate of drug-likeness (QED) is 0.169. The number of hydrogen-bond acceptors (Lipinski definition) is 14. The number of carbonyl (C=O) groups is 6. The fourth-order valence-electron chi connectivity index (χ4n) is 7.02. The van der Waals surface area contributed by atoms with Gasteiger partial charge in [-0.05, 0) is 134 Å². The van der Waals surface area contributed by atoms with Gasteiger partial charge < -0.3 is 57.5 Å². The molecule has 4 fully saturated rings. The van der Waals surface area contributed by atoms with E-state index in [1.54, 1.807) is 19.6 Å². The fourth-order valence-corrected chi connectivity index (χ4v) is 7.02. The third kappa shape index (κ3) is 17.7. The minimum atomic E-state index is -0.804. The summed E-state index contributed by atoms with van der Waals surface area (Å²) < 4.78 is 42.5. The molecular formula is C42H72N4O14. The number of likely N-dealkylation sites (tertiary alicyclic amines) is 4. The molecule has 18 nitrogen and oxygen atoms in total. The number of hydrogen-bond donors (Lipinski definition) is 0. The molecule has 0 aromatic carbocycles. The predicted molar refractivity (Wildman–Crippen MR) is 218 cm³/mol. The van der Waals surface area contributed by atoms with Gasteiger partial charge in [0.15, 0.2) is 0 Å². The Kier molecular flexibility index (Phi) is 17.8. The summed E-state index contributed by atoms with van der Waals surface area (Å²) in [7, 11) is 0. The highest BCUT2D eigenvalue weighted by atomic mass is 16.7. The van der Waals surface area contributed by atoms with E-state index in [1.165, 1.54) is 0 Å². The van der Waals surface area contributed by atoms with Crippen molar-refractivity contribution in [3.8, 4) is 0 Å². The molecule has 4 aliphatic heterocycles. The smallest absolute Gasteiger partial charge is 0.444 e. The molecule has 4 saturated heterocycles. The third-order valence-corrected chi connectivity index (χ3v) is 9.59. The molecule has 0 aromatic heterocycles. The summed E-state index contributed by atoms with van der Waals surface area (Å²) in [4.78, 5) is 79.7. The van der Waals surface area contributed by atoms with Crippen LogP contribution in [0.25, 0.3) is 0 Å². The molecule has 4 rings (SSSR count). The molecule has 0 unspecified atom stereocenters. The highest BCUT2D eigenvalue weighted by Crippen LogP contribution is 2.25. The molecule has 344 valence electrons. The lowest BCUT2D eigenvalue weighted by atomic mass is 10.2. The second-order valence-corrected chi connectivity index (χ2v) is 19.6. The van der Waals surface area contributed by atoms with Gasteiger partial charge in [-0.3, -0.25) is 0 Å². The lowest BCUT2D eigenvalue weighted by Crippen LogP contribution is -2.43. The minimum absolute atomic E-state index is 0.0541. The first kappa shape index (κ1) is 50.0. The summed E-state index contributed by atoms with van der Waals surface area (Å²) in [5.74, 6) is 0. The normalized spacial score (nSPS) is 22.1. The van der Waals surface area contributed by atoms with Crippen molar-refractivity contribution >= 4 is 36.7 Å². The number of carbonyl (C=O) groups excluding carboxylic acids is 6. The van der Waals surface area contributed by atoms with E-state index < -0.39 is 59.1 Å². The topological polar surface area (TPSA) is 189 Å². The van der Waals surface area contributed by atoms with E-state index in [9.17, 15) is 28.8 Å². The average molecular weight is 857 g/mol. The Hall–Kier alpha value is -4.38. The van der Waals surface area contributed by atoms with Crippen LogP contribution in [0.2, 0.25) is 0 Å². The van der Waals surface area contributed by atoms with Crippen molar-refractivity contribution in [3.05, 3.63) is 0 Å². The molecule has 4 heterocycles. The number of amides is 4. The molecule has 0 aliphatic carbocycles. The molecule has 0 radical (unpaired) electrons. The predicted octanol–water partition coefficient (Wildman–Crippen LogP) is 7.88. The molecule has 0 saturated carbocycles. The lowest BCUT2D eigenvalue weighted by Gasteiger charge is -2.29. The van der Waals surface area contributed by atoms with Crippen molar-refractivity contribution in [2.75, 3.05) is 52.6 Å². The molecule has 60 heavy (non-hydrogen) atoms. The molecule has 18 heteroatoms. The van der Waals surface area contributed by atoms with Crippen LogP contribution in [0.3, 0.4) is 0 Å². The van der Waals surface area contributed by atoms with Gasteiger partial charge in [0.05, 0.1) is 24.2 Å².